The Morgan fingerprint density at radius 3 is 2.86 bits per heavy atom. The molecule has 2 aliphatic heterocycles. The van der Waals surface area contributed by atoms with Gasteiger partial charge in [0.2, 0.25) is 0 Å². The lowest BCUT2D eigenvalue weighted by molar-refractivity contribution is -0.140. The molecule has 1 amide bonds. The summed E-state index contributed by atoms with van der Waals surface area (Å²) in [4.78, 5) is 26.3. The van der Waals surface area contributed by atoms with E-state index in [9.17, 15) is 9.59 Å². The number of amides is 1. The highest BCUT2D eigenvalue weighted by molar-refractivity contribution is 6.01. The Balaban J connectivity index is 1.85. The molecular weight excluding hydrogens is 268 g/mol. The van der Waals surface area contributed by atoms with E-state index in [1.165, 1.54) is 6.08 Å². The second kappa shape index (κ2) is 4.76. The van der Waals surface area contributed by atoms with Gasteiger partial charge in [0.25, 0.3) is 5.91 Å². The number of hydrogen-bond donors (Lipinski definition) is 0. The summed E-state index contributed by atoms with van der Waals surface area (Å²) in [5.41, 5.74) is 0.493. The van der Waals surface area contributed by atoms with Gasteiger partial charge in [-0.15, -0.1) is 0 Å². The zero-order valence-electron chi connectivity index (χ0n) is 12.6. The van der Waals surface area contributed by atoms with Crippen LogP contribution in [0.2, 0.25) is 0 Å². The van der Waals surface area contributed by atoms with Crippen molar-refractivity contribution in [2.75, 3.05) is 6.54 Å². The van der Waals surface area contributed by atoms with Crippen molar-refractivity contribution < 1.29 is 14.3 Å². The largest absolute Gasteiger partial charge is 0.481 e. The van der Waals surface area contributed by atoms with E-state index in [1.807, 2.05) is 39.1 Å². The van der Waals surface area contributed by atoms with Crippen LogP contribution >= 0.6 is 0 Å². The van der Waals surface area contributed by atoms with Gasteiger partial charge in [-0.05, 0) is 32.9 Å². The van der Waals surface area contributed by atoms with Crippen LogP contribution in [0.15, 0.2) is 30.2 Å². The molecule has 0 radical (unpaired) electrons. The summed E-state index contributed by atoms with van der Waals surface area (Å²) >= 11 is 0. The third kappa shape index (κ3) is 2.48. The van der Waals surface area contributed by atoms with Gasteiger partial charge >= 0.3 is 0 Å². The van der Waals surface area contributed by atoms with Crippen molar-refractivity contribution in [1.29, 1.82) is 0 Å². The molecule has 3 heterocycles. The molecule has 5 heteroatoms. The minimum atomic E-state index is -0.615. The summed E-state index contributed by atoms with van der Waals surface area (Å²) in [7, 11) is 0. The van der Waals surface area contributed by atoms with Crippen molar-refractivity contribution in [3.05, 3.63) is 35.9 Å². The number of ether oxygens (including phenoxy) is 1. The van der Waals surface area contributed by atoms with Gasteiger partial charge in [0.1, 0.15) is 5.60 Å². The van der Waals surface area contributed by atoms with Gasteiger partial charge in [-0.1, -0.05) is 0 Å². The SMILES string of the molecule is C[C@@H]1c2cccn2CCN1C(=O)C1=CC(=O)CC(C)(C)O1. The quantitative estimate of drug-likeness (QED) is 0.794. The first-order valence-electron chi connectivity index (χ1n) is 7.27. The van der Waals surface area contributed by atoms with E-state index < -0.39 is 5.60 Å². The van der Waals surface area contributed by atoms with E-state index in [4.69, 9.17) is 4.74 Å². The van der Waals surface area contributed by atoms with Crippen LogP contribution in [-0.2, 0) is 20.9 Å². The molecule has 0 saturated carbocycles. The fourth-order valence-corrected chi connectivity index (χ4v) is 3.08. The van der Waals surface area contributed by atoms with Gasteiger partial charge in [0.05, 0.1) is 6.04 Å². The minimum absolute atomic E-state index is 0.0223. The highest BCUT2D eigenvalue weighted by atomic mass is 16.5. The van der Waals surface area contributed by atoms with Crippen LogP contribution in [0.3, 0.4) is 0 Å². The summed E-state index contributed by atoms with van der Waals surface area (Å²) < 4.78 is 7.87. The van der Waals surface area contributed by atoms with Crippen LogP contribution in [-0.4, -0.2) is 33.3 Å². The third-order valence-corrected chi connectivity index (χ3v) is 4.09. The first-order valence-corrected chi connectivity index (χ1v) is 7.27. The Morgan fingerprint density at radius 1 is 1.38 bits per heavy atom. The molecule has 5 nitrogen and oxygen atoms in total. The van der Waals surface area contributed by atoms with E-state index in [0.29, 0.717) is 13.0 Å². The normalized spacial score (nSPS) is 24.1. The lowest BCUT2D eigenvalue weighted by Crippen LogP contribution is -2.44. The molecular formula is C16H20N2O3. The molecule has 21 heavy (non-hydrogen) atoms. The van der Waals surface area contributed by atoms with Crippen LogP contribution in [0, 0.1) is 0 Å². The molecule has 1 aromatic heterocycles. The van der Waals surface area contributed by atoms with Crippen LogP contribution in [0.4, 0.5) is 0 Å². The average molecular weight is 288 g/mol. The number of carbonyl (C=O) groups is 2. The number of carbonyl (C=O) groups excluding carboxylic acids is 2. The van der Waals surface area contributed by atoms with Crippen molar-refractivity contribution in [2.24, 2.45) is 0 Å². The van der Waals surface area contributed by atoms with Gasteiger partial charge in [-0.25, -0.2) is 0 Å². The predicted octanol–water partition coefficient (Wildman–Crippen LogP) is 2.04. The number of nitrogens with zero attached hydrogens (tertiary/aromatic N) is 2. The second-order valence-corrected chi connectivity index (χ2v) is 6.31. The van der Waals surface area contributed by atoms with Crippen molar-refractivity contribution in [1.82, 2.24) is 9.47 Å². The van der Waals surface area contributed by atoms with Crippen molar-refractivity contribution in [3.8, 4) is 0 Å². The number of hydrogen-bond acceptors (Lipinski definition) is 3. The second-order valence-electron chi connectivity index (χ2n) is 6.31. The topological polar surface area (TPSA) is 51.5 Å². The third-order valence-electron chi connectivity index (χ3n) is 4.09. The van der Waals surface area contributed by atoms with Crippen LogP contribution in [0.1, 0.15) is 38.9 Å². The molecule has 2 aliphatic rings. The molecule has 112 valence electrons. The molecule has 1 aromatic rings. The molecule has 0 N–H and O–H groups in total. The smallest absolute Gasteiger partial charge is 0.289 e. The zero-order chi connectivity index (χ0) is 15.2. The molecule has 0 bridgehead atoms. The first-order chi connectivity index (χ1) is 9.87. The van der Waals surface area contributed by atoms with Crippen LogP contribution < -0.4 is 0 Å². The number of ketones is 1. The van der Waals surface area contributed by atoms with Crippen LogP contribution in [0.5, 0.6) is 0 Å². The molecule has 3 rings (SSSR count). The Labute approximate surface area is 124 Å². The van der Waals surface area contributed by atoms with Gasteiger partial charge in [0, 0.05) is 37.5 Å². The van der Waals surface area contributed by atoms with Crippen molar-refractivity contribution >= 4 is 11.7 Å². The highest BCUT2D eigenvalue weighted by Gasteiger charge is 2.36. The Hall–Kier alpha value is -2.04. The molecule has 0 unspecified atom stereocenters. The summed E-state index contributed by atoms with van der Waals surface area (Å²) in [6.07, 6.45) is 3.67. The maximum atomic E-state index is 12.7. The van der Waals surface area contributed by atoms with Crippen molar-refractivity contribution in [3.63, 3.8) is 0 Å². The zero-order valence-corrected chi connectivity index (χ0v) is 12.6. The Morgan fingerprint density at radius 2 is 2.14 bits per heavy atom. The minimum Gasteiger partial charge on any atom is -0.481 e. The number of fused-ring (bicyclic) bond motifs is 1. The first kappa shape index (κ1) is 13.9. The molecule has 0 saturated heterocycles. The monoisotopic (exact) mass is 288 g/mol. The average Bonchev–Trinajstić information content (AvgIpc) is 2.85. The van der Waals surface area contributed by atoms with E-state index >= 15 is 0 Å². The molecule has 0 aliphatic carbocycles. The molecule has 0 fully saturated rings. The maximum absolute atomic E-state index is 12.7. The molecule has 0 aromatic carbocycles. The number of aromatic nitrogens is 1. The summed E-state index contributed by atoms with van der Waals surface area (Å²) in [6, 6.07) is 3.99. The van der Waals surface area contributed by atoms with Gasteiger partial charge < -0.3 is 14.2 Å². The van der Waals surface area contributed by atoms with Crippen LogP contribution in [0.25, 0.3) is 0 Å². The van der Waals surface area contributed by atoms with Gasteiger partial charge in [-0.2, -0.15) is 0 Å². The van der Waals surface area contributed by atoms with Crippen molar-refractivity contribution in [2.45, 2.75) is 45.4 Å². The number of allylic oxidation sites excluding steroid dienone is 1. The molecule has 0 spiro atoms. The van der Waals surface area contributed by atoms with E-state index in [-0.39, 0.29) is 23.5 Å². The Bertz CT molecular complexity index is 627. The fraction of sp³-hybridized carbons (Fsp3) is 0.500. The summed E-state index contributed by atoms with van der Waals surface area (Å²) in [5, 5.41) is 0. The number of rotatable bonds is 1. The van der Waals surface area contributed by atoms with E-state index in [1.54, 1.807) is 4.90 Å². The Kier molecular flexibility index (Phi) is 3.15. The predicted molar refractivity (Wildman–Crippen MR) is 77.4 cm³/mol. The van der Waals surface area contributed by atoms with E-state index in [0.717, 1.165) is 12.2 Å². The molecule has 1 atom stereocenters. The highest BCUT2D eigenvalue weighted by Crippen LogP contribution is 2.30. The van der Waals surface area contributed by atoms with Gasteiger partial charge in [-0.3, -0.25) is 9.59 Å². The lowest BCUT2D eigenvalue weighted by atomic mass is 9.98. The van der Waals surface area contributed by atoms with Gasteiger partial charge in [0.15, 0.2) is 11.5 Å². The standard InChI is InChI=1S/C16H20N2O3/c1-11-13-5-4-6-17(13)7-8-18(11)15(20)14-9-12(19)10-16(2,3)21-14/h4-6,9,11H,7-8,10H2,1-3H3/t11-/m1/s1. The summed E-state index contributed by atoms with van der Waals surface area (Å²) in [6.45, 7) is 7.05. The fourth-order valence-electron chi connectivity index (χ4n) is 3.08. The summed E-state index contributed by atoms with van der Waals surface area (Å²) in [5.74, 6) is -0.0816. The lowest BCUT2D eigenvalue weighted by Gasteiger charge is -2.37. The van der Waals surface area contributed by atoms with E-state index in [2.05, 4.69) is 4.57 Å². The maximum Gasteiger partial charge on any atom is 0.289 e.